The zero-order valence-electron chi connectivity index (χ0n) is 11.5. The molecule has 1 fully saturated rings. The Morgan fingerprint density at radius 3 is 2.61 bits per heavy atom. The van der Waals surface area contributed by atoms with E-state index in [-0.39, 0.29) is 17.3 Å². The fraction of sp³-hybridized carbons (Fsp3) is 0.308. The van der Waals surface area contributed by atoms with Crippen LogP contribution in [-0.2, 0) is 16.2 Å². The summed E-state index contributed by atoms with van der Waals surface area (Å²) in [6.07, 6.45) is -4.03. The molecule has 0 saturated carbocycles. The van der Waals surface area contributed by atoms with Gasteiger partial charge in [-0.3, -0.25) is 0 Å². The van der Waals surface area contributed by atoms with Gasteiger partial charge in [0.1, 0.15) is 15.9 Å². The van der Waals surface area contributed by atoms with Crippen LogP contribution in [-0.4, -0.2) is 36.9 Å². The molecule has 0 radical (unpaired) electrons. The predicted molar refractivity (Wildman–Crippen MR) is 76.7 cm³/mol. The third kappa shape index (κ3) is 3.19. The summed E-state index contributed by atoms with van der Waals surface area (Å²) in [7, 11) is -3.59. The first kappa shape index (κ1) is 16.2. The molecule has 1 aliphatic rings. The molecule has 0 amide bonds. The van der Waals surface area contributed by atoms with Gasteiger partial charge in [-0.05, 0) is 23.6 Å². The lowest BCUT2D eigenvalue weighted by molar-refractivity contribution is -0.140. The summed E-state index contributed by atoms with van der Waals surface area (Å²) in [5.74, 6) is -0.529. The minimum absolute atomic E-state index is 0.00585. The van der Waals surface area contributed by atoms with Gasteiger partial charge < -0.3 is 4.74 Å². The van der Waals surface area contributed by atoms with Crippen molar-refractivity contribution in [2.45, 2.75) is 16.5 Å². The van der Waals surface area contributed by atoms with Gasteiger partial charge >= 0.3 is 6.18 Å². The first-order valence-corrected chi connectivity index (χ1v) is 8.83. The average molecular weight is 364 g/mol. The molecule has 1 aliphatic heterocycles. The molecule has 3 rings (SSSR count). The Hall–Kier alpha value is -1.65. The highest BCUT2D eigenvalue weighted by molar-refractivity contribution is 7.91. The molecule has 0 spiro atoms. The fourth-order valence-electron chi connectivity index (χ4n) is 2.07. The Morgan fingerprint density at radius 2 is 2.00 bits per heavy atom. The zero-order chi connectivity index (χ0) is 16.7. The number of halogens is 3. The average Bonchev–Trinajstić information content (AvgIpc) is 2.96. The number of nitrogens with zero attached hydrogens (tertiary/aromatic N) is 2. The Morgan fingerprint density at radius 1 is 1.26 bits per heavy atom. The van der Waals surface area contributed by atoms with E-state index < -0.39 is 33.7 Å². The van der Waals surface area contributed by atoms with Crippen molar-refractivity contribution in [3.05, 3.63) is 41.4 Å². The summed E-state index contributed by atoms with van der Waals surface area (Å²) >= 11 is 1.09. The molecule has 10 heteroatoms. The number of aromatic nitrogens is 1. The van der Waals surface area contributed by atoms with Gasteiger partial charge in [0.15, 0.2) is 0 Å². The third-order valence-corrected chi connectivity index (χ3v) is 6.46. The Balaban J connectivity index is 1.68. The first-order chi connectivity index (χ1) is 10.8. The highest BCUT2D eigenvalue weighted by atomic mass is 32.2. The predicted octanol–water partition coefficient (Wildman–Crippen LogP) is 2.61. The van der Waals surface area contributed by atoms with E-state index in [4.69, 9.17) is 4.74 Å². The van der Waals surface area contributed by atoms with Crippen LogP contribution in [0.5, 0.6) is 5.88 Å². The second-order valence-corrected chi connectivity index (χ2v) is 7.96. The molecule has 1 saturated heterocycles. The second-order valence-electron chi connectivity index (χ2n) is 4.85. The van der Waals surface area contributed by atoms with Crippen LogP contribution in [0, 0.1) is 0 Å². The van der Waals surface area contributed by atoms with Crippen LogP contribution in [0.3, 0.4) is 0 Å². The number of hydrogen-bond acceptors (Lipinski definition) is 5. The topological polar surface area (TPSA) is 59.5 Å². The molecule has 0 aromatic carbocycles. The summed E-state index contributed by atoms with van der Waals surface area (Å²) in [5, 5.41) is 1.64. The maximum atomic E-state index is 12.8. The molecule has 124 valence electrons. The number of alkyl halides is 3. The number of hydrogen-bond donors (Lipinski definition) is 0. The Kier molecular flexibility index (Phi) is 4.07. The van der Waals surface area contributed by atoms with Gasteiger partial charge in [0.05, 0.1) is 13.1 Å². The number of thiophene rings is 1. The van der Waals surface area contributed by atoms with Gasteiger partial charge in [0.25, 0.3) is 10.0 Å². The summed E-state index contributed by atoms with van der Waals surface area (Å²) in [4.78, 5) is 3.60. The minimum Gasteiger partial charge on any atom is -0.471 e. The smallest absolute Gasteiger partial charge is 0.421 e. The van der Waals surface area contributed by atoms with Crippen LogP contribution < -0.4 is 4.74 Å². The standard InChI is InChI=1S/C13H11F3N2O3S2/c14-13(15,16)10-3-1-5-17-12(10)21-9-7-18(8-9)23(19,20)11-4-2-6-22-11/h1-6,9H,7-8H2. The van der Waals surface area contributed by atoms with E-state index in [0.29, 0.717) is 0 Å². The zero-order valence-corrected chi connectivity index (χ0v) is 13.2. The van der Waals surface area contributed by atoms with Crippen LogP contribution >= 0.6 is 11.3 Å². The van der Waals surface area contributed by atoms with Crippen molar-refractivity contribution in [1.82, 2.24) is 9.29 Å². The highest BCUT2D eigenvalue weighted by Gasteiger charge is 2.41. The molecule has 5 nitrogen and oxygen atoms in total. The van der Waals surface area contributed by atoms with Crippen LogP contribution in [0.2, 0.25) is 0 Å². The molecule has 0 unspecified atom stereocenters. The fourth-order valence-corrected chi connectivity index (χ4v) is 4.72. The van der Waals surface area contributed by atoms with E-state index in [0.717, 1.165) is 17.4 Å². The van der Waals surface area contributed by atoms with Crippen molar-refractivity contribution in [2.24, 2.45) is 0 Å². The van der Waals surface area contributed by atoms with Gasteiger partial charge in [-0.25, -0.2) is 13.4 Å². The van der Waals surface area contributed by atoms with Gasteiger partial charge in [0.2, 0.25) is 5.88 Å². The summed E-state index contributed by atoms with van der Waals surface area (Å²) < 4.78 is 69.5. The van der Waals surface area contributed by atoms with Crippen molar-refractivity contribution in [1.29, 1.82) is 0 Å². The van der Waals surface area contributed by atoms with Gasteiger partial charge in [-0.2, -0.15) is 17.5 Å². The lowest BCUT2D eigenvalue weighted by Gasteiger charge is -2.37. The monoisotopic (exact) mass is 364 g/mol. The van der Waals surface area contributed by atoms with E-state index >= 15 is 0 Å². The van der Waals surface area contributed by atoms with E-state index in [9.17, 15) is 21.6 Å². The molecule has 3 heterocycles. The molecular weight excluding hydrogens is 353 g/mol. The Bertz CT molecular complexity index is 785. The summed E-state index contributed by atoms with van der Waals surface area (Å²) in [6.45, 7) is -0.0117. The number of ether oxygens (including phenoxy) is 1. The van der Waals surface area contributed by atoms with Crippen molar-refractivity contribution in [2.75, 3.05) is 13.1 Å². The first-order valence-electron chi connectivity index (χ1n) is 6.51. The van der Waals surface area contributed by atoms with Crippen molar-refractivity contribution < 1.29 is 26.3 Å². The second kappa shape index (κ2) is 5.77. The van der Waals surface area contributed by atoms with E-state index in [1.54, 1.807) is 11.4 Å². The van der Waals surface area contributed by atoms with Gasteiger partial charge in [0, 0.05) is 6.20 Å². The molecule has 0 bridgehead atoms. The van der Waals surface area contributed by atoms with Crippen molar-refractivity contribution >= 4 is 21.4 Å². The molecule has 0 aliphatic carbocycles. The van der Waals surface area contributed by atoms with Crippen LogP contribution in [0.1, 0.15) is 5.56 Å². The lowest BCUT2D eigenvalue weighted by atomic mass is 10.2. The molecule has 0 atom stereocenters. The number of rotatable bonds is 4. The maximum absolute atomic E-state index is 12.8. The maximum Gasteiger partial charge on any atom is 0.421 e. The Labute approximate surface area is 134 Å². The molecule has 2 aromatic rings. The normalized spacial score (nSPS) is 17.0. The van der Waals surface area contributed by atoms with E-state index in [2.05, 4.69) is 4.98 Å². The molecule has 23 heavy (non-hydrogen) atoms. The van der Waals surface area contributed by atoms with Crippen molar-refractivity contribution in [3.8, 4) is 5.88 Å². The highest BCUT2D eigenvalue weighted by Crippen LogP contribution is 2.36. The van der Waals surface area contributed by atoms with Gasteiger partial charge in [-0.1, -0.05) is 6.07 Å². The largest absolute Gasteiger partial charge is 0.471 e. The summed E-state index contributed by atoms with van der Waals surface area (Å²) in [5.41, 5.74) is -0.973. The third-order valence-electron chi connectivity index (χ3n) is 3.26. The SMILES string of the molecule is O=S(=O)(c1cccs1)N1CC(Oc2ncccc2C(F)(F)F)C1. The quantitative estimate of drug-likeness (QED) is 0.837. The number of pyridine rings is 1. The lowest BCUT2D eigenvalue weighted by Crippen LogP contribution is -2.56. The van der Waals surface area contributed by atoms with E-state index in [1.165, 1.54) is 22.6 Å². The molecule has 2 aromatic heterocycles. The van der Waals surface area contributed by atoms with Gasteiger partial charge in [-0.15, -0.1) is 11.3 Å². The van der Waals surface area contributed by atoms with E-state index in [1.807, 2.05) is 0 Å². The minimum atomic E-state index is -4.57. The van der Waals surface area contributed by atoms with Crippen LogP contribution in [0.15, 0.2) is 40.1 Å². The molecular formula is C13H11F3N2O3S2. The number of sulfonamides is 1. The summed E-state index contributed by atoms with van der Waals surface area (Å²) in [6, 6.07) is 5.15. The van der Waals surface area contributed by atoms with Crippen molar-refractivity contribution in [3.63, 3.8) is 0 Å². The van der Waals surface area contributed by atoms with Crippen LogP contribution in [0.4, 0.5) is 13.2 Å². The van der Waals surface area contributed by atoms with Crippen LogP contribution in [0.25, 0.3) is 0 Å². The molecule has 0 N–H and O–H groups in total.